The van der Waals surface area contributed by atoms with Crippen LogP contribution in [0.5, 0.6) is 0 Å². The number of hydrogen-bond acceptors (Lipinski definition) is 4. The Labute approximate surface area is 154 Å². The molecule has 0 saturated carbocycles. The lowest BCUT2D eigenvalue weighted by Gasteiger charge is -2.17. The number of hydrogen-bond donors (Lipinski definition) is 1. The lowest BCUT2D eigenvalue weighted by molar-refractivity contribution is -0.384. The van der Waals surface area contributed by atoms with Crippen LogP contribution in [0.25, 0.3) is 0 Å². The minimum absolute atomic E-state index is 0.0459. The summed E-state index contributed by atoms with van der Waals surface area (Å²) >= 11 is 5.70. The van der Waals surface area contributed by atoms with Crippen molar-refractivity contribution in [2.75, 3.05) is 0 Å². The first-order chi connectivity index (χ1) is 11.9. The minimum atomic E-state index is -0.660. The Bertz CT molecular complexity index is 640. The summed E-state index contributed by atoms with van der Waals surface area (Å²) in [7, 11) is 0. The molecule has 2 N–H and O–H groups in total. The molecule has 1 rings (SSSR count). The third-order valence-corrected chi connectivity index (χ3v) is 2.83. The van der Waals surface area contributed by atoms with Gasteiger partial charge in [0.05, 0.1) is 10.6 Å². The lowest BCUT2D eigenvalue weighted by Crippen LogP contribution is -2.36. The van der Waals surface area contributed by atoms with Crippen molar-refractivity contribution in [3.05, 3.63) is 75.5 Å². The molecule has 0 saturated heterocycles. The topological polar surface area (TPSA) is 89.5 Å². The van der Waals surface area contributed by atoms with E-state index in [2.05, 4.69) is 6.58 Å². The van der Waals surface area contributed by atoms with Gasteiger partial charge in [0.15, 0.2) is 0 Å². The number of rotatable bonds is 5. The fraction of sp³-hybridized carbons (Fsp3) is 0.278. The highest BCUT2D eigenvalue weighted by Crippen LogP contribution is 2.25. The van der Waals surface area contributed by atoms with E-state index in [1.807, 2.05) is 27.7 Å². The standard InChI is InChI=1S/C14H14ClN3O3.2C2H6/c1-3-5-11(6-4-2)17(16)14(19)10-7-8-12(15)13(9-10)18(20)21;2*1-2/h3-9H,1,16H2,2H3;2*1-2H3/b6-4-,11-5+;;. The first-order valence-corrected chi connectivity index (χ1v) is 8.28. The Hall–Kier alpha value is -2.44. The minimum Gasteiger partial charge on any atom is -0.267 e. The quantitative estimate of drug-likeness (QED) is 0.252. The van der Waals surface area contributed by atoms with Crippen LogP contribution in [0.2, 0.25) is 5.02 Å². The number of halogens is 1. The van der Waals surface area contributed by atoms with E-state index in [0.717, 1.165) is 11.1 Å². The maximum Gasteiger partial charge on any atom is 0.288 e. The number of allylic oxidation sites excluding steroid dienone is 4. The summed E-state index contributed by atoms with van der Waals surface area (Å²) in [5, 5.41) is 11.7. The molecule has 0 aliphatic heterocycles. The van der Waals surface area contributed by atoms with Crippen LogP contribution >= 0.6 is 11.6 Å². The predicted molar refractivity (Wildman–Crippen MR) is 104 cm³/mol. The number of benzene rings is 1. The normalized spacial score (nSPS) is 10.1. The monoisotopic (exact) mass is 367 g/mol. The fourth-order valence-electron chi connectivity index (χ4n) is 1.55. The van der Waals surface area contributed by atoms with Crippen LogP contribution in [0.15, 0.2) is 54.8 Å². The van der Waals surface area contributed by atoms with Crippen molar-refractivity contribution in [2.45, 2.75) is 34.6 Å². The van der Waals surface area contributed by atoms with E-state index in [0.29, 0.717) is 5.70 Å². The Balaban J connectivity index is 0. The maximum absolute atomic E-state index is 12.2. The van der Waals surface area contributed by atoms with Gasteiger partial charge in [-0.15, -0.1) is 0 Å². The van der Waals surface area contributed by atoms with Gasteiger partial charge in [-0.3, -0.25) is 14.9 Å². The smallest absolute Gasteiger partial charge is 0.267 e. The molecule has 0 bridgehead atoms. The van der Waals surface area contributed by atoms with Gasteiger partial charge in [-0.2, -0.15) is 0 Å². The van der Waals surface area contributed by atoms with Crippen molar-refractivity contribution in [3.63, 3.8) is 0 Å². The Morgan fingerprint density at radius 3 is 2.32 bits per heavy atom. The number of amides is 1. The van der Waals surface area contributed by atoms with E-state index in [1.165, 1.54) is 18.2 Å². The van der Waals surface area contributed by atoms with Crippen LogP contribution in [0.1, 0.15) is 45.0 Å². The average molecular weight is 368 g/mol. The average Bonchev–Trinajstić information content (AvgIpc) is 2.64. The summed E-state index contributed by atoms with van der Waals surface area (Å²) in [5.74, 6) is 5.15. The molecule has 0 spiro atoms. The van der Waals surface area contributed by atoms with E-state index in [-0.39, 0.29) is 16.3 Å². The summed E-state index contributed by atoms with van der Waals surface area (Å²) in [6.45, 7) is 13.3. The second-order valence-corrected chi connectivity index (χ2v) is 4.33. The second-order valence-electron chi connectivity index (χ2n) is 3.93. The highest BCUT2D eigenvalue weighted by atomic mass is 35.5. The zero-order valence-corrected chi connectivity index (χ0v) is 16.1. The molecule has 0 heterocycles. The zero-order valence-electron chi connectivity index (χ0n) is 15.3. The van der Waals surface area contributed by atoms with Crippen LogP contribution < -0.4 is 5.84 Å². The maximum atomic E-state index is 12.2. The number of nitro benzene ring substituents is 1. The van der Waals surface area contributed by atoms with Gasteiger partial charge in [0.2, 0.25) is 0 Å². The van der Waals surface area contributed by atoms with Crippen LogP contribution in [-0.2, 0) is 0 Å². The van der Waals surface area contributed by atoms with Crippen molar-refractivity contribution in [1.82, 2.24) is 5.01 Å². The molecular weight excluding hydrogens is 342 g/mol. The number of nitro groups is 1. The van der Waals surface area contributed by atoms with Gasteiger partial charge < -0.3 is 0 Å². The van der Waals surface area contributed by atoms with Crippen LogP contribution in [0.3, 0.4) is 0 Å². The molecule has 0 radical (unpaired) electrons. The molecular formula is C18H26ClN3O3. The molecule has 138 valence electrons. The molecule has 0 unspecified atom stereocenters. The van der Waals surface area contributed by atoms with Gasteiger partial charge in [0.25, 0.3) is 11.6 Å². The van der Waals surface area contributed by atoms with Crippen molar-refractivity contribution in [1.29, 1.82) is 0 Å². The molecule has 7 heteroatoms. The van der Waals surface area contributed by atoms with E-state index >= 15 is 0 Å². The fourth-order valence-corrected chi connectivity index (χ4v) is 1.74. The van der Waals surface area contributed by atoms with Crippen molar-refractivity contribution >= 4 is 23.2 Å². The van der Waals surface area contributed by atoms with Crippen molar-refractivity contribution in [3.8, 4) is 0 Å². The highest BCUT2D eigenvalue weighted by Gasteiger charge is 2.20. The van der Waals surface area contributed by atoms with Crippen LogP contribution in [-0.4, -0.2) is 15.8 Å². The zero-order chi connectivity index (χ0) is 20.0. The largest absolute Gasteiger partial charge is 0.288 e. The number of hydrazine groups is 1. The van der Waals surface area contributed by atoms with Gasteiger partial charge in [-0.05, 0) is 31.2 Å². The van der Waals surface area contributed by atoms with Gasteiger partial charge in [-0.1, -0.05) is 58.0 Å². The third-order valence-electron chi connectivity index (χ3n) is 2.51. The van der Waals surface area contributed by atoms with Crippen LogP contribution in [0.4, 0.5) is 5.69 Å². The Kier molecular flexibility index (Phi) is 13.8. The van der Waals surface area contributed by atoms with Gasteiger partial charge in [-0.25, -0.2) is 10.9 Å². The summed E-state index contributed by atoms with van der Waals surface area (Å²) in [6.07, 6.45) is 6.34. The number of carbonyl (C=O) groups is 1. The Morgan fingerprint density at radius 2 is 1.88 bits per heavy atom. The van der Waals surface area contributed by atoms with Crippen molar-refractivity contribution in [2.24, 2.45) is 5.84 Å². The first kappa shape index (κ1) is 24.8. The molecule has 0 atom stereocenters. The summed E-state index contributed by atoms with van der Waals surface area (Å²) in [6, 6.07) is 3.75. The van der Waals surface area contributed by atoms with E-state index < -0.39 is 10.8 Å². The molecule has 0 fully saturated rings. The molecule has 0 aliphatic rings. The summed E-state index contributed by atoms with van der Waals surface area (Å²) in [4.78, 5) is 22.4. The SMILES string of the molecule is C=C/C=C(\C=C/C)N(N)C(=O)c1ccc(Cl)c([N+](=O)[O-])c1.CC.CC. The number of carbonyl (C=O) groups excluding carboxylic acids is 1. The number of nitrogens with zero attached hydrogens (tertiary/aromatic N) is 2. The molecule has 1 aromatic rings. The summed E-state index contributed by atoms with van der Waals surface area (Å²) < 4.78 is 0. The molecule has 1 aromatic carbocycles. The van der Waals surface area contributed by atoms with Gasteiger partial charge >= 0.3 is 0 Å². The van der Waals surface area contributed by atoms with Crippen LogP contribution in [0, 0.1) is 10.1 Å². The van der Waals surface area contributed by atoms with Crippen molar-refractivity contribution < 1.29 is 9.72 Å². The Morgan fingerprint density at radius 1 is 1.32 bits per heavy atom. The number of nitrogens with two attached hydrogens (primary N) is 1. The third kappa shape index (κ3) is 7.78. The molecule has 0 aromatic heterocycles. The molecule has 0 aliphatic carbocycles. The van der Waals surface area contributed by atoms with E-state index in [4.69, 9.17) is 17.4 Å². The first-order valence-electron chi connectivity index (χ1n) is 7.90. The predicted octanol–water partition coefficient (Wildman–Crippen LogP) is 5.26. The highest BCUT2D eigenvalue weighted by molar-refractivity contribution is 6.32. The molecule has 25 heavy (non-hydrogen) atoms. The van der Waals surface area contributed by atoms with E-state index in [9.17, 15) is 14.9 Å². The lowest BCUT2D eigenvalue weighted by atomic mass is 10.1. The molecule has 1 amide bonds. The van der Waals surface area contributed by atoms with E-state index in [1.54, 1.807) is 25.2 Å². The molecule has 6 nitrogen and oxygen atoms in total. The second kappa shape index (κ2) is 13.9. The van der Waals surface area contributed by atoms with Gasteiger partial charge in [0.1, 0.15) is 5.02 Å². The summed E-state index contributed by atoms with van der Waals surface area (Å²) in [5.41, 5.74) is 0.111. The van der Waals surface area contributed by atoms with Gasteiger partial charge in [0, 0.05) is 11.6 Å².